The average Bonchev–Trinajstić information content (AvgIpc) is 2.98. The van der Waals surface area contributed by atoms with Gasteiger partial charge in [-0.05, 0) is 74.0 Å². The number of rotatable bonds is 10. The number of nitrogens with one attached hydrogen (secondary N) is 1. The molecular formula is C29H32ClN3O3S. The molecule has 0 fully saturated rings. The predicted octanol–water partition coefficient (Wildman–Crippen LogP) is 5.52. The monoisotopic (exact) mass is 537 g/mol. The Bertz CT molecular complexity index is 1310. The molecule has 8 heteroatoms. The van der Waals surface area contributed by atoms with Crippen LogP contribution in [0.1, 0.15) is 53.0 Å². The lowest BCUT2D eigenvalue weighted by atomic mass is 10.1. The molecule has 1 heterocycles. The summed E-state index contributed by atoms with van der Waals surface area (Å²) in [5.74, 6) is -0.492. The maximum absolute atomic E-state index is 13.7. The molecule has 0 spiro atoms. The van der Waals surface area contributed by atoms with E-state index in [1.807, 2.05) is 12.1 Å². The van der Waals surface area contributed by atoms with Crippen LogP contribution >= 0.6 is 11.6 Å². The number of hydrogen-bond acceptors (Lipinski definition) is 4. The van der Waals surface area contributed by atoms with E-state index in [1.165, 1.54) is 0 Å². The molecular weight excluding hydrogens is 506 g/mol. The zero-order valence-corrected chi connectivity index (χ0v) is 22.8. The van der Waals surface area contributed by atoms with Crippen LogP contribution < -0.4 is 10.2 Å². The quantitative estimate of drug-likeness (QED) is 0.370. The second kappa shape index (κ2) is 12.5. The zero-order valence-electron chi connectivity index (χ0n) is 21.2. The molecule has 1 aliphatic rings. The van der Waals surface area contributed by atoms with Crippen molar-refractivity contribution in [1.82, 2.24) is 10.2 Å². The van der Waals surface area contributed by atoms with Gasteiger partial charge in [-0.25, -0.2) is 4.21 Å². The Morgan fingerprint density at radius 2 is 1.70 bits per heavy atom. The molecule has 0 saturated heterocycles. The van der Waals surface area contributed by atoms with E-state index in [4.69, 9.17) is 11.6 Å². The number of benzene rings is 3. The summed E-state index contributed by atoms with van der Waals surface area (Å²) in [7, 11) is -1.58. The maximum atomic E-state index is 13.7. The van der Waals surface area contributed by atoms with Gasteiger partial charge >= 0.3 is 0 Å². The topological polar surface area (TPSA) is 69.7 Å². The lowest BCUT2D eigenvalue weighted by Crippen LogP contribution is -2.36. The third kappa shape index (κ3) is 6.29. The normalized spacial score (nSPS) is 14.8. The minimum Gasteiger partial charge on any atom is -0.351 e. The van der Waals surface area contributed by atoms with Gasteiger partial charge in [0.05, 0.1) is 38.4 Å². The van der Waals surface area contributed by atoms with Crippen LogP contribution in [0.15, 0.2) is 76.5 Å². The molecule has 0 unspecified atom stereocenters. The van der Waals surface area contributed by atoms with Gasteiger partial charge in [0.15, 0.2) is 0 Å². The van der Waals surface area contributed by atoms with Crippen molar-refractivity contribution < 1.29 is 13.8 Å². The molecule has 4 rings (SSSR count). The Labute approximate surface area is 226 Å². The number of carbonyl (C=O) groups is 2. The summed E-state index contributed by atoms with van der Waals surface area (Å²) in [4.78, 5) is 31.7. The van der Waals surface area contributed by atoms with Gasteiger partial charge in [-0.3, -0.25) is 9.59 Å². The molecule has 1 aliphatic heterocycles. The van der Waals surface area contributed by atoms with Crippen LogP contribution in [0.25, 0.3) is 0 Å². The van der Waals surface area contributed by atoms with Gasteiger partial charge in [-0.15, -0.1) is 0 Å². The maximum Gasteiger partial charge on any atom is 0.259 e. The molecule has 0 aromatic heterocycles. The summed E-state index contributed by atoms with van der Waals surface area (Å²) in [6.45, 7) is 7.82. The predicted molar refractivity (Wildman–Crippen MR) is 149 cm³/mol. The number of anilines is 1. The van der Waals surface area contributed by atoms with Gasteiger partial charge in [0.25, 0.3) is 11.8 Å². The highest BCUT2D eigenvalue weighted by Crippen LogP contribution is 2.36. The zero-order chi connectivity index (χ0) is 26.4. The molecule has 3 aromatic carbocycles. The van der Waals surface area contributed by atoms with Crippen LogP contribution in [0, 0.1) is 0 Å². The van der Waals surface area contributed by atoms with Crippen LogP contribution in [0.4, 0.5) is 5.69 Å². The van der Waals surface area contributed by atoms with E-state index >= 15 is 0 Å². The highest BCUT2D eigenvalue weighted by Gasteiger charge is 2.31. The molecule has 2 amide bonds. The summed E-state index contributed by atoms with van der Waals surface area (Å²) in [5, 5.41) is 3.57. The first-order valence-electron chi connectivity index (χ1n) is 12.6. The number of fused-ring (bicyclic) bond motifs is 2. The fourth-order valence-electron chi connectivity index (χ4n) is 4.58. The van der Waals surface area contributed by atoms with Crippen molar-refractivity contribution in [2.24, 2.45) is 0 Å². The molecule has 37 heavy (non-hydrogen) atoms. The highest BCUT2D eigenvalue weighted by molar-refractivity contribution is 7.85. The lowest BCUT2D eigenvalue weighted by molar-refractivity contribution is 0.0945. The van der Waals surface area contributed by atoms with Gasteiger partial charge in [0, 0.05) is 23.7 Å². The van der Waals surface area contributed by atoms with Crippen molar-refractivity contribution >= 4 is 39.9 Å². The molecule has 3 aromatic rings. The van der Waals surface area contributed by atoms with Gasteiger partial charge in [0.1, 0.15) is 0 Å². The first-order valence-corrected chi connectivity index (χ1v) is 14.2. The molecule has 0 aliphatic carbocycles. The Morgan fingerprint density at radius 1 is 0.946 bits per heavy atom. The van der Waals surface area contributed by atoms with Gasteiger partial charge in [0.2, 0.25) is 0 Å². The van der Waals surface area contributed by atoms with Crippen molar-refractivity contribution in [3.8, 4) is 0 Å². The van der Waals surface area contributed by atoms with Crippen molar-refractivity contribution in [1.29, 1.82) is 0 Å². The van der Waals surface area contributed by atoms with Crippen LogP contribution in [0.3, 0.4) is 0 Å². The highest BCUT2D eigenvalue weighted by atomic mass is 35.5. The fraction of sp³-hybridized carbons (Fsp3) is 0.310. The van der Waals surface area contributed by atoms with E-state index in [1.54, 1.807) is 59.5 Å². The molecule has 0 saturated carbocycles. The summed E-state index contributed by atoms with van der Waals surface area (Å²) in [6.07, 6.45) is 2.13. The van der Waals surface area contributed by atoms with E-state index < -0.39 is 10.8 Å². The number of nitrogens with zero attached hydrogens (tertiary/aromatic N) is 2. The Balaban J connectivity index is 1.65. The summed E-state index contributed by atoms with van der Waals surface area (Å²) >= 11 is 6.20. The molecule has 0 bridgehead atoms. The second-order valence-corrected chi connectivity index (χ2v) is 10.9. The van der Waals surface area contributed by atoms with E-state index in [0.29, 0.717) is 38.2 Å². The Kier molecular flexibility index (Phi) is 9.14. The molecule has 194 valence electrons. The number of hydrogen-bond donors (Lipinski definition) is 1. The third-order valence-electron chi connectivity index (χ3n) is 6.30. The largest absolute Gasteiger partial charge is 0.351 e. The van der Waals surface area contributed by atoms with E-state index in [0.717, 1.165) is 38.0 Å². The van der Waals surface area contributed by atoms with Crippen molar-refractivity contribution in [2.45, 2.75) is 43.0 Å². The fourth-order valence-corrected chi connectivity index (χ4v) is 6.13. The van der Waals surface area contributed by atoms with Gasteiger partial charge in [-0.2, -0.15) is 0 Å². The smallest absolute Gasteiger partial charge is 0.259 e. The molecule has 0 radical (unpaired) electrons. The van der Waals surface area contributed by atoms with Crippen molar-refractivity contribution in [3.05, 3.63) is 88.4 Å². The van der Waals surface area contributed by atoms with Crippen molar-refractivity contribution in [2.75, 3.05) is 31.1 Å². The summed E-state index contributed by atoms with van der Waals surface area (Å²) in [6, 6.07) is 19.3. The SMILES string of the molecule is CCCN(CCC)CCNC(=O)c1ccc2c(c1)N(Cc1cccc(Cl)c1)C(=O)c1ccccc1[S@@]2=O. The minimum atomic E-state index is -1.58. The number of amides is 2. The van der Waals surface area contributed by atoms with E-state index in [9.17, 15) is 13.8 Å². The Morgan fingerprint density at radius 3 is 2.43 bits per heavy atom. The first kappa shape index (κ1) is 27.0. The van der Waals surface area contributed by atoms with Crippen molar-refractivity contribution in [3.63, 3.8) is 0 Å². The van der Waals surface area contributed by atoms with Gasteiger partial charge < -0.3 is 15.1 Å². The molecule has 1 atom stereocenters. The average molecular weight is 538 g/mol. The van der Waals surface area contributed by atoms with Crippen LogP contribution in [-0.4, -0.2) is 47.1 Å². The van der Waals surface area contributed by atoms with E-state index in [-0.39, 0.29) is 18.4 Å². The van der Waals surface area contributed by atoms with Crippen LogP contribution in [0.2, 0.25) is 5.02 Å². The molecule has 6 nitrogen and oxygen atoms in total. The number of carbonyl (C=O) groups excluding carboxylic acids is 2. The lowest BCUT2D eigenvalue weighted by Gasteiger charge is -2.24. The standard InChI is InChI=1S/C29H32ClN3O3S/c1-3-15-32(16-4-2)17-14-31-28(34)22-12-13-27-25(19-22)33(20-21-8-7-9-23(30)18-21)29(35)24-10-5-6-11-26(24)37(27)36/h5-13,18-19H,3-4,14-17,20H2,1-2H3,(H,31,34)/t37-/m0/s1. The van der Waals surface area contributed by atoms with E-state index in [2.05, 4.69) is 24.1 Å². The third-order valence-corrected chi connectivity index (χ3v) is 8.03. The summed E-state index contributed by atoms with van der Waals surface area (Å²) < 4.78 is 13.6. The first-order chi connectivity index (χ1) is 17.9. The van der Waals surface area contributed by atoms with Crippen LogP contribution in [0.5, 0.6) is 0 Å². The minimum absolute atomic E-state index is 0.224. The van der Waals surface area contributed by atoms with Crippen LogP contribution in [-0.2, 0) is 17.3 Å². The van der Waals surface area contributed by atoms with Gasteiger partial charge in [-0.1, -0.05) is 49.7 Å². The Hall–Kier alpha value is -3.00. The molecule has 1 N–H and O–H groups in total. The second-order valence-electron chi connectivity index (χ2n) is 9.07. The summed E-state index contributed by atoms with van der Waals surface area (Å²) in [5.41, 5.74) is 2.10. The number of halogens is 1.